The minimum atomic E-state index is -0.330. The number of hydrogen-bond donors (Lipinski definition) is 0. The molecule has 2 fully saturated rings. The number of rotatable bonds is 4. The van der Waals surface area contributed by atoms with Crippen LogP contribution in [0.1, 0.15) is 57.8 Å². The van der Waals surface area contributed by atoms with Crippen LogP contribution in [0.25, 0.3) is 0 Å². The Kier molecular flexibility index (Phi) is 5.23. The van der Waals surface area contributed by atoms with E-state index in [1.807, 2.05) is 0 Å². The third-order valence-electron chi connectivity index (χ3n) is 4.54. The van der Waals surface area contributed by atoms with Crippen molar-refractivity contribution in [1.82, 2.24) is 4.90 Å². The summed E-state index contributed by atoms with van der Waals surface area (Å²) in [5.74, 6) is 0.596. The number of hydrogen-bond acceptors (Lipinski definition) is 3. The number of carbonyl (C=O) groups is 2. The smallest absolute Gasteiger partial charge is 0.328 e. The first-order valence-electron chi connectivity index (χ1n) is 7.59. The second-order valence-corrected chi connectivity index (χ2v) is 5.81. The van der Waals surface area contributed by atoms with Crippen LogP contribution >= 0.6 is 0 Å². The van der Waals surface area contributed by atoms with Crippen molar-refractivity contribution in [3.63, 3.8) is 0 Å². The summed E-state index contributed by atoms with van der Waals surface area (Å²) >= 11 is 0. The van der Waals surface area contributed by atoms with E-state index in [0.717, 1.165) is 25.2 Å². The van der Waals surface area contributed by atoms with Gasteiger partial charge in [-0.15, -0.1) is 0 Å². The SMILES string of the molecule is COC(=O)C1CCCN1C(=O)CCC1CCCCC1. The van der Waals surface area contributed by atoms with Gasteiger partial charge in [-0.2, -0.15) is 0 Å². The van der Waals surface area contributed by atoms with E-state index < -0.39 is 0 Å². The Morgan fingerprint density at radius 1 is 1.11 bits per heavy atom. The highest BCUT2D eigenvalue weighted by Gasteiger charge is 2.34. The van der Waals surface area contributed by atoms with Crippen LogP contribution < -0.4 is 0 Å². The van der Waals surface area contributed by atoms with E-state index in [9.17, 15) is 9.59 Å². The van der Waals surface area contributed by atoms with Gasteiger partial charge < -0.3 is 9.64 Å². The lowest BCUT2D eigenvalue weighted by molar-refractivity contribution is -0.151. The second kappa shape index (κ2) is 6.92. The van der Waals surface area contributed by atoms with Gasteiger partial charge in [0.05, 0.1) is 7.11 Å². The fraction of sp³-hybridized carbons (Fsp3) is 0.867. The fourth-order valence-electron chi connectivity index (χ4n) is 3.39. The van der Waals surface area contributed by atoms with E-state index in [1.165, 1.54) is 39.2 Å². The number of carbonyl (C=O) groups excluding carboxylic acids is 2. The van der Waals surface area contributed by atoms with Gasteiger partial charge in [-0.1, -0.05) is 32.1 Å². The average molecular weight is 267 g/mol. The summed E-state index contributed by atoms with van der Waals surface area (Å²) < 4.78 is 4.78. The minimum absolute atomic E-state index is 0.137. The Labute approximate surface area is 115 Å². The zero-order valence-corrected chi connectivity index (χ0v) is 11.9. The zero-order valence-electron chi connectivity index (χ0n) is 11.9. The Morgan fingerprint density at radius 2 is 1.84 bits per heavy atom. The summed E-state index contributed by atoms with van der Waals surface area (Å²) in [6.45, 7) is 0.712. The van der Waals surface area contributed by atoms with Crippen molar-refractivity contribution in [2.24, 2.45) is 5.92 Å². The highest BCUT2D eigenvalue weighted by Crippen LogP contribution is 2.28. The van der Waals surface area contributed by atoms with Crippen LogP contribution in [0.5, 0.6) is 0 Å². The quantitative estimate of drug-likeness (QED) is 0.735. The molecule has 19 heavy (non-hydrogen) atoms. The molecule has 0 aromatic heterocycles. The van der Waals surface area contributed by atoms with E-state index in [-0.39, 0.29) is 17.9 Å². The van der Waals surface area contributed by atoms with Crippen LogP contribution in [0.15, 0.2) is 0 Å². The molecule has 4 heteroatoms. The molecule has 1 atom stereocenters. The van der Waals surface area contributed by atoms with Gasteiger partial charge in [-0.3, -0.25) is 4.79 Å². The number of esters is 1. The van der Waals surface area contributed by atoms with E-state index in [0.29, 0.717) is 13.0 Å². The third-order valence-corrected chi connectivity index (χ3v) is 4.54. The molecule has 1 saturated carbocycles. The van der Waals surface area contributed by atoms with Crippen LogP contribution in [0.4, 0.5) is 0 Å². The molecular weight excluding hydrogens is 242 g/mol. The minimum Gasteiger partial charge on any atom is -0.467 e. The van der Waals surface area contributed by atoms with Crippen molar-refractivity contribution in [2.75, 3.05) is 13.7 Å². The standard InChI is InChI=1S/C15H25NO3/c1-19-15(18)13-8-5-11-16(13)14(17)10-9-12-6-3-2-4-7-12/h12-13H,2-11H2,1H3. The molecule has 1 unspecified atom stereocenters. The molecule has 0 N–H and O–H groups in total. The molecule has 1 aliphatic heterocycles. The topological polar surface area (TPSA) is 46.6 Å². The van der Waals surface area contributed by atoms with Gasteiger partial charge in [-0.25, -0.2) is 4.79 Å². The van der Waals surface area contributed by atoms with Crippen molar-refractivity contribution >= 4 is 11.9 Å². The third kappa shape index (κ3) is 3.71. The lowest BCUT2D eigenvalue weighted by Gasteiger charge is -2.25. The molecule has 0 bridgehead atoms. The maximum Gasteiger partial charge on any atom is 0.328 e. The molecule has 0 aromatic rings. The highest BCUT2D eigenvalue weighted by molar-refractivity contribution is 5.85. The van der Waals surface area contributed by atoms with Crippen LogP contribution in [0, 0.1) is 5.92 Å². The van der Waals surface area contributed by atoms with Gasteiger partial charge >= 0.3 is 5.97 Å². The summed E-state index contributed by atoms with van der Waals surface area (Å²) in [6, 6.07) is -0.330. The lowest BCUT2D eigenvalue weighted by atomic mass is 9.86. The summed E-state index contributed by atoms with van der Waals surface area (Å²) in [6.07, 6.45) is 9.77. The molecule has 2 aliphatic rings. The van der Waals surface area contributed by atoms with Gasteiger partial charge in [0.25, 0.3) is 0 Å². The molecule has 0 aromatic carbocycles. The maximum absolute atomic E-state index is 12.2. The zero-order chi connectivity index (χ0) is 13.7. The Morgan fingerprint density at radius 3 is 2.53 bits per heavy atom. The molecule has 0 spiro atoms. The predicted octanol–water partition coefficient (Wildman–Crippen LogP) is 2.51. The largest absolute Gasteiger partial charge is 0.467 e. The van der Waals surface area contributed by atoms with Crippen LogP contribution in [-0.4, -0.2) is 36.5 Å². The van der Waals surface area contributed by atoms with Gasteiger partial charge in [0.15, 0.2) is 0 Å². The Bertz CT molecular complexity index is 323. The number of nitrogens with zero attached hydrogens (tertiary/aromatic N) is 1. The monoisotopic (exact) mass is 267 g/mol. The molecule has 1 aliphatic carbocycles. The van der Waals surface area contributed by atoms with Gasteiger partial charge in [0.1, 0.15) is 6.04 Å². The summed E-state index contributed by atoms with van der Waals surface area (Å²) in [7, 11) is 1.39. The van der Waals surface area contributed by atoms with E-state index >= 15 is 0 Å². The Hall–Kier alpha value is -1.06. The van der Waals surface area contributed by atoms with Crippen molar-refractivity contribution in [3.05, 3.63) is 0 Å². The van der Waals surface area contributed by atoms with E-state index in [1.54, 1.807) is 4.90 Å². The number of likely N-dealkylation sites (tertiary alicyclic amines) is 1. The Balaban J connectivity index is 1.79. The van der Waals surface area contributed by atoms with Crippen LogP contribution in [-0.2, 0) is 14.3 Å². The number of ether oxygens (including phenoxy) is 1. The van der Waals surface area contributed by atoms with Gasteiger partial charge in [-0.05, 0) is 25.2 Å². The first-order valence-corrected chi connectivity index (χ1v) is 7.59. The van der Waals surface area contributed by atoms with Crippen molar-refractivity contribution in [2.45, 2.75) is 63.8 Å². The molecule has 1 heterocycles. The van der Waals surface area contributed by atoms with Crippen LogP contribution in [0.2, 0.25) is 0 Å². The average Bonchev–Trinajstić information content (AvgIpc) is 2.94. The summed E-state index contributed by atoms with van der Waals surface area (Å²) in [4.78, 5) is 25.6. The molecule has 108 valence electrons. The van der Waals surface area contributed by atoms with Crippen molar-refractivity contribution in [1.29, 1.82) is 0 Å². The van der Waals surface area contributed by atoms with E-state index in [4.69, 9.17) is 4.74 Å². The summed E-state index contributed by atoms with van der Waals surface area (Å²) in [5.41, 5.74) is 0. The van der Waals surface area contributed by atoms with Crippen molar-refractivity contribution < 1.29 is 14.3 Å². The van der Waals surface area contributed by atoms with Crippen molar-refractivity contribution in [3.8, 4) is 0 Å². The predicted molar refractivity (Wildman–Crippen MR) is 72.6 cm³/mol. The van der Waals surface area contributed by atoms with E-state index in [2.05, 4.69) is 0 Å². The number of amides is 1. The maximum atomic E-state index is 12.2. The molecule has 0 radical (unpaired) electrons. The lowest BCUT2D eigenvalue weighted by Crippen LogP contribution is -2.41. The summed E-state index contributed by atoms with van der Waals surface area (Å²) in [5, 5.41) is 0. The molecule has 2 rings (SSSR count). The fourth-order valence-corrected chi connectivity index (χ4v) is 3.39. The van der Waals surface area contributed by atoms with Gasteiger partial charge in [0, 0.05) is 13.0 Å². The molecule has 1 amide bonds. The molecule has 4 nitrogen and oxygen atoms in total. The highest BCUT2D eigenvalue weighted by atomic mass is 16.5. The number of methoxy groups -OCH3 is 1. The van der Waals surface area contributed by atoms with Crippen LogP contribution in [0.3, 0.4) is 0 Å². The first-order chi connectivity index (χ1) is 9.22. The first kappa shape index (κ1) is 14.4. The molecular formula is C15H25NO3. The molecule has 1 saturated heterocycles. The normalized spacial score (nSPS) is 24.5. The second-order valence-electron chi connectivity index (χ2n) is 5.81. The van der Waals surface area contributed by atoms with Gasteiger partial charge in [0.2, 0.25) is 5.91 Å².